The van der Waals surface area contributed by atoms with Gasteiger partial charge in [-0.25, -0.2) is 0 Å². The fourth-order valence-electron chi connectivity index (χ4n) is 3.03. The molecule has 0 saturated carbocycles. The normalized spacial score (nSPS) is 11.1. The lowest BCUT2D eigenvalue weighted by atomic mass is 10.2. The Labute approximate surface area is 155 Å². The highest BCUT2D eigenvalue weighted by Crippen LogP contribution is 2.23. The Balaban J connectivity index is 1.88. The van der Waals surface area contributed by atoms with Crippen molar-refractivity contribution in [1.82, 2.24) is 4.57 Å². The predicted molar refractivity (Wildman–Crippen MR) is 110 cm³/mol. The minimum Gasteiger partial charge on any atom is -0.497 e. The highest BCUT2D eigenvalue weighted by atomic mass is 16.5. The van der Waals surface area contributed by atoms with E-state index in [4.69, 9.17) is 4.74 Å². The van der Waals surface area contributed by atoms with Crippen molar-refractivity contribution in [3.8, 4) is 11.4 Å². The van der Waals surface area contributed by atoms with Gasteiger partial charge in [0.15, 0.2) is 0 Å². The minimum atomic E-state index is 0.836. The molecule has 2 aromatic carbocycles. The number of benzene rings is 2. The van der Waals surface area contributed by atoms with Crippen LogP contribution >= 0.6 is 0 Å². The molecule has 0 unspecified atom stereocenters. The molecule has 26 heavy (non-hydrogen) atoms. The van der Waals surface area contributed by atoms with E-state index in [1.807, 2.05) is 30.5 Å². The van der Waals surface area contributed by atoms with Crippen LogP contribution in [0.4, 0.5) is 11.4 Å². The lowest BCUT2D eigenvalue weighted by Gasteiger charge is -2.14. The molecule has 4 heteroatoms. The predicted octanol–water partition coefficient (Wildman–Crippen LogP) is 4.92. The summed E-state index contributed by atoms with van der Waals surface area (Å²) in [5.41, 5.74) is 6.75. The number of nitrogens with zero attached hydrogens (tertiary/aromatic N) is 3. The van der Waals surface area contributed by atoms with Crippen LogP contribution in [0.5, 0.6) is 5.75 Å². The zero-order chi connectivity index (χ0) is 18.7. The summed E-state index contributed by atoms with van der Waals surface area (Å²) >= 11 is 0. The molecule has 1 aromatic heterocycles. The number of aromatic nitrogens is 1. The average Bonchev–Trinajstić information content (AvgIpc) is 2.94. The van der Waals surface area contributed by atoms with Crippen LogP contribution in [0, 0.1) is 13.8 Å². The van der Waals surface area contributed by atoms with Gasteiger partial charge >= 0.3 is 0 Å². The third-order valence-electron chi connectivity index (χ3n) is 4.52. The first-order chi connectivity index (χ1) is 12.5. The van der Waals surface area contributed by atoms with Gasteiger partial charge in [-0.3, -0.25) is 4.99 Å². The monoisotopic (exact) mass is 347 g/mol. The molecular weight excluding hydrogens is 322 g/mol. The fraction of sp³-hybridized carbons (Fsp3) is 0.227. The standard InChI is InChI=1S/C22H25N3O/c1-16-14-18(15-23-19-6-12-22(26-5)13-7-19)17(2)25(16)21-10-8-20(9-11-21)24(3)4/h6-15H,1-5H3. The molecule has 134 valence electrons. The Morgan fingerprint density at radius 3 is 2.19 bits per heavy atom. The van der Waals surface area contributed by atoms with E-state index >= 15 is 0 Å². The Morgan fingerprint density at radius 1 is 0.962 bits per heavy atom. The van der Waals surface area contributed by atoms with Crippen LogP contribution in [0.15, 0.2) is 59.6 Å². The van der Waals surface area contributed by atoms with Crippen molar-refractivity contribution >= 4 is 17.6 Å². The summed E-state index contributed by atoms with van der Waals surface area (Å²) in [6.45, 7) is 4.25. The van der Waals surface area contributed by atoms with Gasteiger partial charge in [0.2, 0.25) is 0 Å². The van der Waals surface area contributed by atoms with Gasteiger partial charge in [-0.15, -0.1) is 0 Å². The summed E-state index contributed by atoms with van der Waals surface area (Å²) in [6.07, 6.45) is 1.93. The second kappa shape index (κ2) is 7.48. The number of hydrogen-bond donors (Lipinski definition) is 0. The van der Waals surface area contributed by atoms with Gasteiger partial charge in [0.1, 0.15) is 5.75 Å². The van der Waals surface area contributed by atoms with Gasteiger partial charge in [-0.1, -0.05) is 0 Å². The fourth-order valence-corrected chi connectivity index (χ4v) is 3.03. The quantitative estimate of drug-likeness (QED) is 0.613. The van der Waals surface area contributed by atoms with Crippen LogP contribution < -0.4 is 9.64 Å². The van der Waals surface area contributed by atoms with Crippen LogP contribution in [0.1, 0.15) is 17.0 Å². The summed E-state index contributed by atoms with van der Waals surface area (Å²) in [5.74, 6) is 0.836. The summed E-state index contributed by atoms with van der Waals surface area (Å²) in [5, 5.41) is 0. The maximum Gasteiger partial charge on any atom is 0.119 e. The summed E-state index contributed by atoms with van der Waals surface area (Å²) in [7, 11) is 5.77. The molecule has 3 rings (SSSR count). The van der Waals surface area contributed by atoms with Crippen LogP contribution in [-0.4, -0.2) is 32.0 Å². The lowest BCUT2D eigenvalue weighted by Crippen LogP contribution is -2.08. The topological polar surface area (TPSA) is 29.8 Å². The van der Waals surface area contributed by atoms with E-state index in [9.17, 15) is 0 Å². The van der Waals surface area contributed by atoms with Crippen molar-refractivity contribution in [2.45, 2.75) is 13.8 Å². The summed E-state index contributed by atoms with van der Waals surface area (Å²) in [4.78, 5) is 6.70. The van der Waals surface area contributed by atoms with E-state index in [0.717, 1.165) is 22.7 Å². The molecule has 4 nitrogen and oxygen atoms in total. The van der Waals surface area contributed by atoms with Gasteiger partial charge in [0.25, 0.3) is 0 Å². The molecule has 0 atom stereocenters. The van der Waals surface area contributed by atoms with Crippen molar-refractivity contribution in [2.75, 3.05) is 26.1 Å². The molecule has 0 radical (unpaired) electrons. The molecule has 0 bridgehead atoms. The number of hydrogen-bond acceptors (Lipinski definition) is 3. The first-order valence-corrected chi connectivity index (χ1v) is 8.64. The highest BCUT2D eigenvalue weighted by Gasteiger charge is 2.09. The number of aryl methyl sites for hydroxylation is 1. The molecule has 0 aliphatic rings. The number of ether oxygens (including phenoxy) is 1. The number of anilines is 1. The van der Waals surface area contributed by atoms with E-state index in [0.29, 0.717) is 0 Å². The van der Waals surface area contributed by atoms with E-state index in [-0.39, 0.29) is 0 Å². The Hall–Kier alpha value is -3.01. The highest BCUT2D eigenvalue weighted by molar-refractivity contribution is 5.84. The summed E-state index contributed by atoms with van der Waals surface area (Å²) in [6, 6.07) is 18.5. The molecule has 0 amide bonds. The number of methoxy groups -OCH3 is 1. The molecule has 0 saturated heterocycles. The Bertz CT molecular complexity index is 904. The van der Waals surface area contributed by atoms with E-state index in [1.54, 1.807) is 7.11 Å². The van der Waals surface area contributed by atoms with Gasteiger partial charge in [0.05, 0.1) is 12.8 Å². The minimum absolute atomic E-state index is 0.836. The maximum atomic E-state index is 5.18. The Kier molecular flexibility index (Phi) is 5.12. The van der Waals surface area contributed by atoms with E-state index < -0.39 is 0 Å². The molecule has 0 aliphatic heterocycles. The second-order valence-electron chi connectivity index (χ2n) is 6.53. The largest absolute Gasteiger partial charge is 0.497 e. The van der Waals surface area contributed by atoms with Crippen molar-refractivity contribution in [3.63, 3.8) is 0 Å². The van der Waals surface area contributed by atoms with Crippen LogP contribution in [0.25, 0.3) is 5.69 Å². The molecule has 3 aromatic rings. The Morgan fingerprint density at radius 2 is 1.62 bits per heavy atom. The SMILES string of the molecule is COc1ccc(N=Cc2cc(C)n(-c3ccc(N(C)C)cc3)c2C)cc1. The smallest absolute Gasteiger partial charge is 0.119 e. The molecule has 0 aliphatic carbocycles. The average molecular weight is 347 g/mol. The van der Waals surface area contributed by atoms with Gasteiger partial charge < -0.3 is 14.2 Å². The van der Waals surface area contributed by atoms with Gasteiger partial charge in [0, 0.05) is 48.6 Å². The first-order valence-electron chi connectivity index (χ1n) is 8.64. The zero-order valence-corrected chi connectivity index (χ0v) is 16.0. The number of aliphatic imine (C=N–C) groups is 1. The third kappa shape index (κ3) is 3.64. The third-order valence-corrected chi connectivity index (χ3v) is 4.52. The molecular formula is C22H25N3O. The summed E-state index contributed by atoms with van der Waals surface area (Å²) < 4.78 is 7.44. The van der Waals surface area contributed by atoms with Crippen LogP contribution in [0.2, 0.25) is 0 Å². The maximum absolute atomic E-state index is 5.18. The van der Waals surface area contributed by atoms with Crippen molar-refractivity contribution in [1.29, 1.82) is 0 Å². The van der Waals surface area contributed by atoms with Gasteiger partial charge in [-0.05, 0) is 68.4 Å². The van der Waals surface area contributed by atoms with Crippen molar-refractivity contribution < 1.29 is 4.74 Å². The molecule has 1 heterocycles. The first kappa shape index (κ1) is 17.8. The molecule has 0 N–H and O–H groups in total. The van der Waals surface area contributed by atoms with E-state index in [2.05, 4.69) is 72.7 Å². The number of rotatable bonds is 5. The van der Waals surface area contributed by atoms with Crippen molar-refractivity contribution in [2.24, 2.45) is 4.99 Å². The van der Waals surface area contributed by atoms with Crippen LogP contribution in [0.3, 0.4) is 0 Å². The second-order valence-corrected chi connectivity index (χ2v) is 6.53. The molecule has 0 fully saturated rings. The lowest BCUT2D eigenvalue weighted by molar-refractivity contribution is 0.415. The van der Waals surface area contributed by atoms with Crippen molar-refractivity contribution in [3.05, 3.63) is 71.5 Å². The van der Waals surface area contributed by atoms with E-state index in [1.165, 1.54) is 17.1 Å². The molecule has 0 spiro atoms. The zero-order valence-electron chi connectivity index (χ0n) is 16.0. The van der Waals surface area contributed by atoms with Gasteiger partial charge in [-0.2, -0.15) is 0 Å². The van der Waals surface area contributed by atoms with Crippen LogP contribution in [-0.2, 0) is 0 Å².